The van der Waals surface area contributed by atoms with E-state index in [0.29, 0.717) is 18.9 Å². The van der Waals surface area contributed by atoms with Crippen LogP contribution in [0.1, 0.15) is 61.1 Å². The lowest BCUT2D eigenvalue weighted by Gasteiger charge is -2.44. The van der Waals surface area contributed by atoms with Gasteiger partial charge < -0.3 is 24.6 Å². The molecule has 1 saturated carbocycles. The Labute approximate surface area is 247 Å². The fraction of sp³-hybridized carbons (Fsp3) is 0.500. The third-order valence-electron chi connectivity index (χ3n) is 8.18. The summed E-state index contributed by atoms with van der Waals surface area (Å²) in [5, 5.41) is 11.3. The van der Waals surface area contributed by atoms with E-state index in [2.05, 4.69) is 25.5 Å². The number of anilines is 1. The van der Waals surface area contributed by atoms with Crippen LogP contribution in [0.2, 0.25) is 0 Å². The summed E-state index contributed by atoms with van der Waals surface area (Å²) < 4.78 is 54.2. The first-order valence-corrected chi connectivity index (χ1v) is 14.6. The standard InChI is InChI=1S/C30H34F3N7O3/c1-18(2)40(20-14-30(32,33)15-20)29(41)23-13-19(31)3-4-25(23)43-28-27(36-17-37-38-28)39-11-7-21(8-12-39)42-26-6-10-35-24-16-34-9-5-22(24)26/h3-4,6,10,13,17-18,20-21,34H,5,7-9,11-12,14-16H2,1-2H3. The summed E-state index contributed by atoms with van der Waals surface area (Å²) in [4.78, 5) is 25.9. The Morgan fingerprint density at radius 3 is 2.67 bits per heavy atom. The molecule has 228 valence electrons. The number of nitrogens with one attached hydrogen (secondary N) is 1. The predicted octanol–water partition coefficient (Wildman–Crippen LogP) is 4.54. The molecule has 3 aliphatic rings. The molecule has 6 rings (SSSR count). The zero-order valence-electron chi connectivity index (χ0n) is 24.1. The molecule has 1 amide bonds. The number of nitrogens with zero attached hydrogens (tertiary/aromatic N) is 6. The summed E-state index contributed by atoms with van der Waals surface area (Å²) in [6.07, 6.45) is 4.59. The number of ether oxygens (including phenoxy) is 2. The number of hydrogen-bond acceptors (Lipinski definition) is 9. The molecule has 1 aliphatic carbocycles. The minimum absolute atomic E-state index is 0.0130. The predicted molar refractivity (Wildman–Crippen MR) is 151 cm³/mol. The van der Waals surface area contributed by atoms with E-state index >= 15 is 0 Å². The van der Waals surface area contributed by atoms with Crippen molar-refractivity contribution in [3.63, 3.8) is 0 Å². The van der Waals surface area contributed by atoms with Crippen LogP contribution in [-0.4, -0.2) is 74.7 Å². The Bertz CT molecular complexity index is 1480. The number of carbonyl (C=O) groups is 1. The van der Waals surface area contributed by atoms with Gasteiger partial charge in [0.2, 0.25) is 0 Å². The number of halogens is 3. The van der Waals surface area contributed by atoms with E-state index in [1.54, 1.807) is 20.0 Å². The molecule has 2 fully saturated rings. The van der Waals surface area contributed by atoms with Crippen LogP contribution in [0.4, 0.5) is 19.0 Å². The van der Waals surface area contributed by atoms with E-state index in [1.165, 1.54) is 23.4 Å². The highest BCUT2D eigenvalue weighted by atomic mass is 19.3. The Morgan fingerprint density at radius 2 is 1.93 bits per heavy atom. The van der Waals surface area contributed by atoms with E-state index in [1.807, 2.05) is 11.0 Å². The number of rotatable bonds is 8. The van der Waals surface area contributed by atoms with Gasteiger partial charge in [0, 0.05) is 69.2 Å². The van der Waals surface area contributed by atoms with Crippen LogP contribution < -0.4 is 19.7 Å². The zero-order chi connectivity index (χ0) is 30.1. The van der Waals surface area contributed by atoms with Crippen molar-refractivity contribution in [2.24, 2.45) is 0 Å². The monoisotopic (exact) mass is 597 g/mol. The summed E-state index contributed by atoms with van der Waals surface area (Å²) in [6, 6.07) is 4.46. The van der Waals surface area contributed by atoms with E-state index in [4.69, 9.17) is 9.47 Å². The zero-order valence-corrected chi connectivity index (χ0v) is 24.1. The van der Waals surface area contributed by atoms with Gasteiger partial charge in [-0.3, -0.25) is 9.78 Å². The molecule has 0 bridgehead atoms. The van der Waals surface area contributed by atoms with Gasteiger partial charge in [-0.05, 0) is 51.1 Å². The highest BCUT2D eigenvalue weighted by Crippen LogP contribution is 2.42. The van der Waals surface area contributed by atoms with Crippen LogP contribution in [0.25, 0.3) is 0 Å². The molecule has 3 aromatic rings. The number of aromatic nitrogens is 4. The maximum Gasteiger partial charge on any atom is 0.282 e. The van der Waals surface area contributed by atoms with Crippen molar-refractivity contribution in [1.82, 2.24) is 30.4 Å². The summed E-state index contributed by atoms with van der Waals surface area (Å²) in [6.45, 7) is 6.34. The molecule has 1 saturated heterocycles. The molecule has 2 aromatic heterocycles. The second-order valence-corrected chi connectivity index (χ2v) is 11.5. The van der Waals surface area contributed by atoms with Gasteiger partial charge >= 0.3 is 0 Å². The summed E-state index contributed by atoms with van der Waals surface area (Å²) in [5.74, 6) is -2.63. The van der Waals surface area contributed by atoms with Crippen molar-refractivity contribution >= 4 is 11.7 Å². The van der Waals surface area contributed by atoms with Crippen molar-refractivity contribution < 1.29 is 27.4 Å². The second-order valence-electron chi connectivity index (χ2n) is 11.5. The minimum Gasteiger partial charge on any atom is -0.490 e. The molecule has 1 N–H and O–H groups in total. The molecule has 0 atom stereocenters. The number of fused-ring (bicyclic) bond motifs is 1. The Morgan fingerprint density at radius 1 is 1.14 bits per heavy atom. The molecule has 0 radical (unpaired) electrons. The van der Waals surface area contributed by atoms with Gasteiger partial charge in [0.15, 0.2) is 5.82 Å². The summed E-state index contributed by atoms with van der Waals surface area (Å²) >= 11 is 0. The topological polar surface area (TPSA) is 106 Å². The van der Waals surface area contributed by atoms with Crippen molar-refractivity contribution in [3.05, 3.63) is 59.4 Å². The maximum atomic E-state index is 14.4. The fourth-order valence-electron chi connectivity index (χ4n) is 6.02. The van der Waals surface area contributed by atoms with Crippen LogP contribution in [0.5, 0.6) is 17.4 Å². The Hall–Kier alpha value is -4.00. The van der Waals surface area contributed by atoms with Crippen LogP contribution in [0, 0.1) is 5.82 Å². The lowest BCUT2D eigenvalue weighted by Crippen LogP contribution is -2.55. The first-order valence-electron chi connectivity index (χ1n) is 14.6. The van der Waals surface area contributed by atoms with E-state index in [-0.39, 0.29) is 29.3 Å². The molecule has 1 aromatic carbocycles. The number of benzene rings is 1. The van der Waals surface area contributed by atoms with Gasteiger partial charge in [-0.1, -0.05) is 0 Å². The second kappa shape index (κ2) is 11.9. The summed E-state index contributed by atoms with van der Waals surface area (Å²) in [7, 11) is 0. The van der Waals surface area contributed by atoms with Gasteiger partial charge in [-0.15, -0.1) is 10.2 Å². The molecule has 10 nitrogen and oxygen atoms in total. The Kier molecular flexibility index (Phi) is 8.08. The highest BCUT2D eigenvalue weighted by Gasteiger charge is 2.50. The van der Waals surface area contributed by atoms with E-state index < -0.39 is 36.5 Å². The van der Waals surface area contributed by atoms with E-state index in [0.717, 1.165) is 55.4 Å². The largest absolute Gasteiger partial charge is 0.490 e. The lowest BCUT2D eigenvalue weighted by atomic mass is 9.85. The van der Waals surface area contributed by atoms with Gasteiger partial charge in [0.1, 0.15) is 29.7 Å². The third kappa shape index (κ3) is 6.22. The third-order valence-corrected chi connectivity index (χ3v) is 8.18. The fourth-order valence-corrected chi connectivity index (χ4v) is 6.02. The van der Waals surface area contributed by atoms with Crippen LogP contribution in [0.15, 0.2) is 36.8 Å². The Balaban J connectivity index is 1.17. The number of alkyl halides is 2. The average molecular weight is 598 g/mol. The van der Waals surface area contributed by atoms with Crippen LogP contribution in [0.3, 0.4) is 0 Å². The van der Waals surface area contributed by atoms with Gasteiger partial charge in [-0.2, -0.15) is 0 Å². The minimum atomic E-state index is -2.81. The first-order chi connectivity index (χ1) is 20.7. The molecule has 43 heavy (non-hydrogen) atoms. The van der Waals surface area contributed by atoms with Gasteiger partial charge in [0.25, 0.3) is 17.7 Å². The van der Waals surface area contributed by atoms with Crippen molar-refractivity contribution in [1.29, 1.82) is 0 Å². The van der Waals surface area contributed by atoms with Crippen LogP contribution >= 0.6 is 0 Å². The number of piperidine rings is 1. The quantitative estimate of drug-likeness (QED) is 0.401. The molecular weight excluding hydrogens is 563 g/mol. The molecule has 2 aliphatic heterocycles. The molecule has 13 heteroatoms. The van der Waals surface area contributed by atoms with Crippen molar-refractivity contribution in [2.45, 2.75) is 76.6 Å². The van der Waals surface area contributed by atoms with Gasteiger partial charge in [0.05, 0.1) is 11.3 Å². The van der Waals surface area contributed by atoms with E-state index in [9.17, 15) is 18.0 Å². The van der Waals surface area contributed by atoms with Crippen LogP contribution in [-0.2, 0) is 13.0 Å². The molecule has 4 heterocycles. The first kappa shape index (κ1) is 29.1. The highest BCUT2D eigenvalue weighted by molar-refractivity contribution is 5.97. The number of hydrogen-bond donors (Lipinski definition) is 1. The average Bonchev–Trinajstić information content (AvgIpc) is 2.98. The number of pyridine rings is 1. The smallest absolute Gasteiger partial charge is 0.282 e. The normalized spacial score (nSPS) is 18.6. The van der Waals surface area contributed by atoms with Crippen molar-refractivity contribution in [3.8, 4) is 17.4 Å². The maximum absolute atomic E-state index is 14.4. The van der Waals surface area contributed by atoms with Crippen molar-refractivity contribution in [2.75, 3.05) is 24.5 Å². The van der Waals surface area contributed by atoms with Gasteiger partial charge in [-0.25, -0.2) is 18.2 Å². The SMILES string of the molecule is CC(C)N(C(=O)c1cc(F)ccc1Oc1nncnc1N1CCC(Oc2ccnc3c2CCNC3)CC1)C1CC(F)(F)C1. The number of amides is 1. The molecular formula is C30H34F3N7O3. The lowest BCUT2D eigenvalue weighted by molar-refractivity contribution is -0.120. The molecule has 0 spiro atoms. The number of carbonyl (C=O) groups excluding carboxylic acids is 1. The summed E-state index contributed by atoms with van der Waals surface area (Å²) in [5.41, 5.74) is 2.10. The molecule has 0 unspecified atom stereocenters.